The summed E-state index contributed by atoms with van der Waals surface area (Å²) in [5, 5.41) is 13.5. The largest absolute Gasteiger partial charge is 0.546 e. The van der Waals surface area contributed by atoms with E-state index in [2.05, 4.69) is 5.32 Å². The van der Waals surface area contributed by atoms with Gasteiger partial charge in [0.1, 0.15) is 18.1 Å². The fraction of sp³-hybridized carbons (Fsp3) is 0.125. The Labute approximate surface area is 137 Å². The Hall–Kier alpha value is -2.73. The van der Waals surface area contributed by atoms with Gasteiger partial charge < -0.3 is 24.7 Å². The first-order valence-corrected chi connectivity index (χ1v) is 7.01. The lowest BCUT2D eigenvalue weighted by Gasteiger charge is -2.09. The molecule has 1 amide bonds. The number of carbonyl (C=O) groups excluding carboxylic acids is 2. The van der Waals surface area contributed by atoms with Crippen LogP contribution in [-0.2, 0) is 9.59 Å². The Morgan fingerprint density at radius 3 is 2.00 bits per heavy atom. The third-order valence-electron chi connectivity index (χ3n) is 2.68. The number of halogens is 1. The molecule has 0 saturated carbocycles. The normalized spacial score (nSPS) is 9.96. The molecule has 0 atom stereocenters. The monoisotopic (exact) mass is 334 g/mol. The third-order valence-corrected chi connectivity index (χ3v) is 2.93. The molecule has 2 rings (SSSR count). The van der Waals surface area contributed by atoms with E-state index in [9.17, 15) is 14.7 Å². The molecular formula is C16H13ClNO5-. The number of carboxylic acid groups (broad SMARTS) is 1. The summed E-state index contributed by atoms with van der Waals surface area (Å²) in [6, 6.07) is 12.9. The Morgan fingerprint density at radius 1 is 0.913 bits per heavy atom. The highest BCUT2D eigenvalue weighted by Crippen LogP contribution is 2.17. The van der Waals surface area contributed by atoms with Gasteiger partial charge in [0, 0.05) is 10.7 Å². The van der Waals surface area contributed by atoms with E-state index in [1.165, 1.54) is 0 Å². The second kappa shape index (κ2) is 8.05. The molecule has 7 heteroatoms. The van der Waals surface area contributed by atoms with Crippen LogP contribution >= 0.6 is 11.6 Å². The molecule has 0 heterocycles. The van der Waals surface area contributed by atoms with Crippen LogP contribution in [0.2, 0.25) is 5.02 Å². The highest BCUT2D eigenvalue weighted by Gasteiger charge is 2.04. The van der Waals surface area contributed by atoms with E-state index in [1.54, 1.807) is 48.5 Å². The van der Waals surface area contributed by atoms with Gasteiger partial charge >= 0.3 is 0 Å². The summed E-state index contributed by atoms with van der Waals surface area (Å²) < 4.78 is 10.2. The summed E-state index contributed by atoms with van der Waals surface area (Å²) in [6.45, 7) is -0.675. The average molecular weight is 335 g/mol. The molecule has 0 aliphatic heterocycles. The number of amides is 1. The quantitative estimate of drug-likeness (QED) is 0.828. The number of anilines is 1. The first kappa shape index (κ1) is 16.6. The van der Waals surface area contributed by atoms with Gasteiger partial charge in [-0.25, -0.2) is 0 Å². The zero-order chi connectivity index (χ0) is 16.7. The summed E-state index contributed by atoms with van der Waals surface area (Å²) >= 11 is 5.75. The van der Waals surface area contributed by atoms with Gasteiger partial charge in [0.25, 0.3) is 5.91 Å². The maximum Gasteiger partial charge on any atom is 0.262 e. The lowest BCUT2D eigenvalue weighted by molar-refractivity contribution is -0.307. The summed E-state index contributed by atoms with van der Waals surface area (Å²) in [7, 11) is 0. The third kappa shape index (κ3) is 5.88. The summed E-state index contributed by atoms with van der Waals surface area (Å²) in [5.41, 5.74) is 0.538. The number of carboxylic acids is 1. The number of nitrogens with one attached hydrogen (secondary N) is 1. The van der Waals surface area contributed by atoms with Gasteiger partial charge in [-0.2, -0.15) is 0 Å². The Kier molecular flexibility index (Phi) is 5.82. The summed E-state index contributed by atoms with van der Waals surface area (Å²) in [5.74, 6) is -0.731. The molecule has 0 aliphatic carbocycles. The lowest BCUT2D eigenvalue weighted by atomic mass is 10.3. The van der Waals surface area contributed by atoms with Crippen molar-refractivity contribution in [2.75, 3.05) is 18.5 Å². The van der Waals surface area contributed by atoms with Crippen molar-refractivity contribution in [3.63, 3.8) is 0 Å². The molecule has 120 valence electrons. The van der Waals surface area contributed by atoms with E-state index in [0.29, 0.717) is 22.2 Å². The van der Waals surface area contributed by atoms with E-state index in [0.717, 1.165) is 0 Å². The van der Waals surface area contributed by atoms with Crippen molar-refractivity contribution >= 4 is 29.2 Å². The van der Waals surface area contributed by atoms with Crippen LogP contribution in [0.1, 0.15) is 0 Å². The zero-order valence-electron chi connectivity index (χ0n) is 12.0. The van der Waals surface area contributed by atoms with Crippen molar-refractivity contribution in [2.45, 2.75) is 0 Å². The number of ether oxygens (including phenoxy) is 2. The van der Waals surface area contributed by atoms with Crippen LogP contribution in [0, 0.1) is 0 Å². The van der Waals surface area contributed by atoms with Gasteiger partial charge in [-0.3, -0.25) is 4.79 Å². The smallest absolute Gasteiger partial charge is 0.262 e. The van der Waals surface area contributed by atoms with E-state index >= 15 is 0 Å². The van der Waals surface area contributed by atoms with Gasteiger partial charge in [-0.1, -0.05) is 11.6 Å². The molecule has 2 aromatic carbocycles. The van der Waals surface area contributed by atoms with E-state index in [1.807, 2.05) is 0 Å². The minimum atomic E-state index is -1.30. The SMILES string of the molecule is O=C([O-])COc1ccc(NC(=O)COc2ccc(Cl)cc2)cc1. The van der Waals surface area contributed by atoms with E-state index < -0.39 is 12.6 Å². The van der Waals surface area contributed by atoms with Gasteiger partial charge in [0.05, 0.1) is 5.97 Å². The highest BCUT2D eigenvalue weighted by atomic mass is 35.5. The van der Waals surface area contributed by atoms with Crippen LogP contribution < -0.4 is 19.9 Å². The van der Waals surface area contributed by atoms with Crippen LogP contribution in [0.25, 0.3) is 0 Å². The number of hydrogen-bond acceptors (Lipinski definition) is 5. The number of carbonyl (C=O) groups is 2. The second-order valence-corrected chi connectivity index (χ2v) is 4.91. The molecule has 23 heavy (non-hydrogen) atoms. The summed E-state index contributed by atoms with van der Waals surface area (Å²) in [6.07, 6.45) is 0. The molecular weight excluding hydrogens is 322 g/mol. The number of aliphatic carboxylic acids is 1. The predicted octanol–water partition coefficient (Wildman–Crippen LogP) is 1.49. The van der Waals surface area contributed by atoms with Gasteiger partial charge in [-0.15, -0.1) is 0 Å². The Morgan fingerprint density at radius 2 is 1.43 bits per heavy atom. The molecule has 2 aromatic rings. The van der Waals surface area contributed by atoms with E-state index in [-0.39, 0.29) is 12.5 Å². The Balaban J connectivity index is 1.80. The van der Waals surface area contributed by atoms with Crippen LogP contribution in [0.15, 0.2) is 48.5 Å². The number of benzene rings is 2. The van der Waals surface area contributed by atoms with Crippen molar-refractivity contribution in [1.29, 1.82) is 0 Å². The zero-order valence-corrected chi connectivity index (χ0v) is 12.7. The van der Waals surface area contributed by atoms with Gasteiger partial charge in [0.2, 0.25) is 0 Å². The molecule has 0 saturated heterocycles. The second-order valence-electron chi connectivity index (χ2n) is 4.48. The highest BCUT2D eigenvalue weighted by molar-refractivity contribution is 6.30. The molecule has 0 spiro atoms. The summed E-state index contributed by atoms with van der Waals surface area (Å²) in [4.78, 5) is 22.1. The average Bonchev–Trinajstić information content (AvgIpc) is 2.53. The van der Waals surface area contributed by atoms with Crippen molar-refractivity contribution in [3.05, 3.63) is 53.6 Å². The first-order valence-electron chi connectivity index (χ1n) is 6.64. The van der Waals surface area contributed by atoms with Crippen LogP contribution in [0.5, 0.6) is 11.5 Å². The van der Waals surface area contributed by atoms with Crippen molar-refractivity contribution < 1.29 is 24.2 Å². The molecule has 0 aliphatic rings. The molecule has 0 radical (unpaired) electrons. The minimum absolute atomic E-state index is 0.148. The van der Waals surface area contributed by atoms with Crippen LogP contribution in [0.4, 0.5) is 5.69 Å². The topological polar surface area (TPSA) is 87.7 Å². The molecule has 6 nitrogen and oxygen atoms in total. The number of rotatable bonds is 7. The van der Waals surface area contributed by atoms with Gasteiger partial charge in [-0.05, 0) is 48.5 Å². The lowest BCUT2D eigenvalue weighted by Crippen LogP contribution is -2.28. The van der Waals surface area contributed by atoms with E-state index in [4.69, 9.17) is 21.1 Å². The van der Waals surface area contributed by atoms with Crippen molar-refractivity contribution in [2.24, 2.45) is 0 Å². The van der Waals surface area contributed by atoms with Crippen molar-refractivity contribution in [1.82, 2.24) is 0 Å². The molecule has 1 N–H and O–H groups in total. The van der Waals surface area contributed by atoms with Crippen LogP contribution in [-0.4, -0.2) is 25.1 Å². The Bertz CT molecular complexity index is 670. The fourth-order valence-electron chi connectivity index (χ4n) is 1.65. The standard InChI is InChI=1S/C16H14ClNO5/c17-11-1-5-13(6-2-11)22-9-15(19)18-12-3-7-14(8-4-12)23-10-16(20)21/h1-8H,9-10H2,(H,18,19)(H,20,21)/p-1. The maximum atomic E-state index is 11.8. The fourth-order valence-corrected chi connectivity index (χ4v) is 1.78. The number of hydrogen-bond donors (Lipinski definition) is 1. The minimum Gasteiger partial charge on any atom is -0.546 e. The van der Waals surface area contributed by atoms with Crippen LogP contribution in [0.3, 0.4) is 0 Å². The van der Waals surface area contributed by atoms with Crippen molar-refractivity contribution in [3.8, 4) is 11.5 Å². The molecule has 0 aromatic heterocycles. The van der Waals surface area contributed by atoms with Gasteiger partial charge in [0.15, 0.2) is 6.61 Å². The predicted molar refractivity (Wildman–Crippen MR) is 82.5 cm³/mol. The maximum absolute atomic E-state index is 11.8. The first-order chi connectivity index (χ1) is 11.0. The molecule has 0 unspecified atom stereocenters. The molecule has 0 bridgehead atoms. The molecule has 0 fully saturated rings.